The molecule has 3 rings (SSSR count). The maximum absolute atomic E-state index is 12.5. The van der Waals surface area contributed by atoms with Gasteiger partial charge in [0.05, 0.1) is 17.5 Å². The van der Waals surface area contributed by atoms with Crippen LogP contribution in [0.1, 0.15) is 30.8 Å². The summed E-state index contributed by atoms with van der Waals surface area (Å²) in [6.45, 7) is 6.20. The molecule has 9 heteroatoms. The molecular formula is C22H25ClN6OS. The highest BCUT2D eigenvalue weighted by molar-refractivity contribution is 8.00. The molecule has 0 radical (unpaired) electrons. The van der Waals surface area contributed by atoms with Crippen LogP contribution < -0.4 is 10.7 Å². The zero-order valence-corrected chi connectivity index (χ0v) is 19.5. The summed E-state index contributed by atoms with van der Waals surface area (Å²) in [5.41, 5.74) is 6.44. The van der Waals surface area contributed by atoms with Gasteiger partial charge in [-0.2, -0.15) is 5.10 Å². The number of halogens is 1. The first kappa shape index (κ1) is 22.8. The third-order valence-electron chi connectivity index (χ3n) is 4.65. The molecule has 1 amide bonds. The van der Waals surface area contributed by atoms with E-state index in [2.05, 4.69) is 26.0 Å². The molecule has 0 unspecified atom stereocenters. The van der Waals surface area contributed by atoms with Gasteiger partial charge in [0.15, 0.2) is 11.0 Å². The lowest BCUT2D eigenvalue weighted by atomic mass is 10.1. The Morgan fingerprint density at radius 1 is 1.23 bits per heavy atom. The molecule has 2 N–H and O–H groups in total. The fourth-order valence-electron chi connectivity index (χ4n) is 2.68. The number of amides is 1. The molecule has 0 aliphatic carbocycles. The van der Waals surface area contributed by atoms with E-state index >= 15 is 0 Å². The van der Waals surface area contributed by atoms with Gasteiger partial charge in [-0.3, -0.25) is 4.79 Å². The van der Waals surface area contributed by atoms with Crippen LogP contribution in [0.15, 0.2) is 58.8 Å². The molecule has 0 saturated carbocycles. The Balaban J connectivity index is 1.56. The van der Waals surface area contributed by atoms with Gasteiger partial charge in [-0.15, -0.1) is 10.2 Å². The van der Waals surface area contributed by atoms with Crippen molar-refractivity contribution in [3.63, 3.8) is 0 Å². The summed E-state index contributed by atoms with van der Waals surface area (Å²) in [7, 11) is 1.88. The summed E-state index contributed by atoms with van der Waals surface area (Å²) in [5.74, 6) is 0.557. The van der Waals surface area contributed by atoms with E-state index in [1.165, 1.54) is 17.3 Å². The van der Waals surface area contributed by atoms with Crippen molar-refractivity contribution in [3.8, 4) is 0 Å². The number of nitrogens with zero attached hydrogens (tertiary/aromatic N) is 4. The molecule has 0 spiro atoms. The lowest BCUT2D eigenvalue weighted by Crippen LogP contribution is -2.28. The number of carbonyl (C=O) groups is 1. The number of benzene rings is 2. The second-order valence-electron chi connectivity index (χ2n) is 7.12. The summed E-state index contributed by atoms with van der Waals surface area (Å²) < 4.78 is 1.87. The molecule has 31 heavy (non-hydrogen) atoms. The second-order valence-corrected chi connectivity index (χ2v) is 8.87. The average molecular weight is 457 g/mol. The monoisotopic (exact) mass is 456 g/mol. The Morgan fingerprint density at radius 3 is 2.68 bits per heavy atom. The van der Waals surface area contributed by atoms with Gasteiger partial charge in [0, 0.05) is 17.8 Å². The minimum Gasteiger partial charge on any atom is -0.378 e. The van der Waals surface area contributed by atoms with E-state index in [4.69, 9.17) is 11.6 Å². The Labute approximate surface area is 191 Å². The molecule has 7 nitrogen and oxygen atoms in total. The first-order chi connectivity index (χ1) is 14.8. The van der Waals surface area contributed by atoms with Gasteiger partial charge < -0.3 is 9.88 Å². The lowest BCUT2D eigenvalue weighted by Gasteiger charge is -2.10. The number of anilines is 1. The van der Waals surface area contributed by atoms with Gasteiger partial charge in [-0.25, -0.2) is 5.43 Å². The number of rotatable bonds is 8. The van der Waals surface area contributed by atoms with Crippen molar-refractivity contribution in [1.29, 1.82) is 0 Å². The van der Waals surface area contributed by atoms with Crippen molar-refractivity contribution < 1.29 is 4.79 Å². The van der Waals surface area contributed by atoms with Crippen LogP contribution >= 0.6 is 23.4 Å². The van der Waals surface area contributed by atoms with E-state index in [0.717, 1.165) is 22.8 Å². The van der Waals surface area contributed by atoms with Crippen molar-refractivity contribution in [2.24, 2.45) is 12.1 Å². The SMILES string of the molecule is C/C(=N/NC(=O)[C@@H](C)Sc1nnc(CNc2cccc(Cl)c2)n1C)c1ccc(C)cc1. The Kier molecular flexibility index (Phi) is 7.70. The fraction of sp³-hybridized carbons (Fsp3) is 0.273. The number of aryl methyl sites for hydroxylation is 1. The number of nitrogens with one attached hydrogen (secondary N) is 2. The molecule has 2 aromatic carbocycles. The first-order valence-corrected chi connectivity index (χ1v) is 11.0. The summed E-state index contributed by atoms with van der Waals surface area (Å²) in [4.78, 5) is 12.5. The van der Waals surface area contributed by atoms with Crippen LogP contribution in [0.4, 0.5) is 5.69 Å². The predicted molar refractivity (Wildman–Crippen MR) is 127 cm³/mol. The van der Waals surface area contributed by atoms with Crippen LogP contribution in [0.5, 0.6) is 0 Å². The third-order valence-corrected chi connectivity index (χ3v) is 6.02. The molecule has 0 aliphatic heterocycles. The topological polar surface area (TPSA) is 84.2 Å². The summed E-state index contributed by atoms with van der Waals surface area (Å²) in [5, 5.41) is 16.9. The van der Waals surface area contributed by atoms with Crippen LogP contribution in [-0.2, 0) is 18.4 Å². The van der Waals surface area contributed by atoms with Gasteiger partial charge in [-0.1, -0.05) is 59.3 Å². The smallest absolute Gasteiger partial charge is 0.253 e. The fourth-order valence-corrected chi connectivity index (χ4v) is 3.70. The highest BCUT2D eigenvalue weighted by atomic mass is 35.5. The van der Waals surface area contributed by atoms with Crippen LogP contribution in [0.2, 0.25) is 5.02 Å². The number of hydrazone groups is 1. The van der Waals surface area contributed by atoms with Crippen molar-refractivity contribution in [1.82, 2.24) is 20.2 Å². The molecule has 0 aliphatic rings. The minimum absolute atomic E-state index is 0.196. The third kappa shape index (κ3) is 6.32. The maximum atomic E-state index is 12.5. The van der Waals surface area contributed by atoms with Crippen LogP contribution in [0.25, 0.3) is 0 Å². The predicted octanol–water partition coefficient (Wildman–Crippen LogP) is 4.41. The van der Waals surface area contributed by atoms with Gasteiger partial charge in [0.1, 0.15) is 0 Å². The molecule has 1 heterocycles. The molecule has 162 valence electrons. The standard InChI is InChI=1S/C22H25ClN6OS/c1-14-8-10-17(11-9-14)15(2)25-27-21(30)16(3)31-22-28-26-20(29(22)4)13-24-19-7-5-6-18(23)12-19/h5-12,16,24H,13H2,1-4H3,(H,27,30)/b25-15-/t16-/m1/s1. The van der Waals surface area contributed by atoms with Gasteiger partial charge in [-0.05, 0) is 44.5 Å². The summed E-state index contributed by atoms with van der Waals surface area (Å²) >= 11 is 7.34. The van der Waals surface area contributed by atoms with Crippen LogP contribution in [0, 0.1) is 6.92 Å². The normalized spacial score (nSPS) is 12.5. The summed E-state index contributed by atoms with van der Waals surface area (Å²) in [6.07, 6.45) is 0. The first-order valence-electron chi connectivity index (χ1n) is 9.79. The van der Waals surface area contributed by atoms with E-state index in [0.29, 0.717) is 16.7 Å². The zero-order valence-electron chi connectivity index (χ0n) is 17.9. The van der Waals surface area contributed by atoms with Crippen LogP contribution in [-0.4, -0.2) is 31.6 Å². The van der Waals surface area contributed by atoms with Crippen LogP contribution in [0.3, 0.4) is 0 Å². The number of carbonyl (C=O) groups excluding carboxylic acids is 1. The number of hydrogen-bond acceptors (Lipinski definition) is 6. The molecule has 3 aromatic rings. The van der Waals surface area contributed by atoms with E-state index in [1.54, 1.807) is 0 Å². The van der Waals surface area contributed by atoms with E-state index in [9.17, 15) is 4.79 Å². The Bertz CT molecular complexity index is 1080. The number of hydrogen-bond donors (Lipinski definition) is 2. The van der Waals surface area contributed by atoms with Crippen molar-refractivity contribution in [3.05, 3.63) is 70.5 Å². The minimum atomic E-state index is -0.383. The number of thioether (sulfide) groups is 1. The number of aromatic nitrogens is 3. The molecule has 1 atom stereocenters. The molecule has 1 aromatic heterocycles. The molecular weight excluding hydrogens is 432 g/mol. The largest absolute Gasteiger partial charge is 0.378 e. The highest BCUT2D eigenvalue weighted by Gasteiger charge is 2.18. The quantitative estimate of drug-likeness (QED) is 0.298. The summed E-state index contributed by atoms with van der Waals surface area (Å²) in [6, 6.07) is 15.5. The molecule has 0 saturated heterocycles. The average Bonchev–Trinajstić information content (AvgIpc) is 3.10. The Hall–Kier alpha value is -2.84. The van der Waals surface area contributed by atoms with E-state index in [-0.39, 0.29) is 11.2 Å². The molecule has 0 fully saturated rings. The lowest BCUT2D eigenvalue weighted by molar-refractivity contribution is -0.120. The Morgan fingerprint density at radius 2 is 1.97 bits per heavy atom. The van der Waals surface area contributed by atoms with Gasteiger partial charge in [0.2, 0.25) is 0 Å². The van der Waals surface area contributed by atoms with Crippen molar-refractivity contribution in [2.45, 2.75) is 37.7 Å². The second kappa shape index (κ2) is 10.5. The molecule has 0 bridgehead atoms. The maximum Gasteiger partial charge on any atom is 0.253 e. The van der Waals surface area contributed by atoms with Gasteiger partial charge in [0.25, 0.3) is 5.91 Å². The highest BCUT2D eigenvalue weighted by Crippen LogP contribution is 2.22. The zero-order chi connectivity index (χ0) is 22.4. The van der Waals surface area contributed by atoms with Crippen molar-refractivity contribution >= 4 is 40.7 Å². The van der Waals surface area contributed by atoms with Gasteiger partial charge >= 0.3 is 0 Å². The van der Waals surface area contributed by atoms with E-state index < -0.39 is 0 Å². The van der Waals surface area contributed by atoms with E-state index in [1.807, 2.05) is 80.9 Å². The van der Waals surface area contributed by atoms with Crippen molar-refractivity contribution in [2.75, 3.05) is 5.32 Å².